The standard InChI is InChI=1S/C14H16O6/c15-3-7-1-9-10(12(6-18)13(7)19)2-8(4-16)14(20)11(9)5-17/h1-2,15-20H,3-6H2. The van der Waals surface area contributed by atoms with E-state index >= 15 is 0 Å². The summed E-state index contributed by atoms with van der Waals surface area (Å²) in [6.45, 7) is -1.84. The third-order valence-electron chi connectivity index (χ3n) is 3.41. The van der Waals surface area contributed by atoms with E-state index in [1.807, 2.05) is 0 Å². The highest BCUT2D eigenvalue weighted by atomic mass is 16.3. The molecule has 0 heterocycles. The predicted octanol–water partition coefficient (Wildman–Crippen LogP) is 0.220. The van der Waals surface area contributed by atoms with Crippen molar-refractivity contribution in [3.8, 4) is 11.5 Å². The average Bonchev–Trinajstić information content (AvgIpc) is 2.46. The first kappa shape index (κ1) is 14.5. The summed E-state index contributed by atoms with van der Waals surface area (Å²) in [5.41, 5.74) is 0.728. The lowest BCUT2D eigenvalue weighted by molar-refractivity contribution is 0.262. The van der Waals surface area contributed by atoms with Crippen LogP contribution < -0.4 is 0 Å². The van der Waals surface area contributed by atoms with E-state index < -0.39 is 26.4 Å². The highest BCUT2D eigenvalue weighted by Crippen LogP contribution is 2.38. The van der Waals surface area contributed by atoms with E-state index in [-0.39, 0.29) is 33.8 Å². The van der Waals surface area contributed by atoms with Gasteiger partial charge in [0.2, 0.25) is 0 Å². The zero-order valence-electron chi connectivity index (χ0n) is 10.7. The highest BCUT2D eigenvalue weighted by molar-refractivity contribution is 5.93. The van der Waals surface area contributed by atoms with Gasteiger partial charge in [-0.25, -0.2) is 0 Å². The van der Waals surface area contributed by atoms with Crippen molar-refractivity contribution in [1.29, 1.82) is 0 Å². The van der Waals surface area contributed by atoms with Crippen LogP contribution in [0.25, 0.3) is 10.8 Å². The highest BCUT2D eigenvalue weighted by Gasteiger charge is 2.18. The van der Waals surface area contributed by atoms with Gasteiger partial charge in [0, 0.05) is 22.3 Å². The largest absolute Gasteiger partial charge is 0.507 e. The van der Waals surface area contributed by atoms with E-state index in [2.05, 4.69) is 0 Å². The Bertz CT molecular complexity index is 593. The van der Waals surface area contributed by atoms with Gasteiger partial charge in [-0.1, -0.05) is 0 Å². The average molecular weight is 280 g/mol. The number of aliphatic hydroxyl groups excluding tert-OH is 4. The van der Waals surface area contributed by atoms with Gasteiger partial charge in [0.1, 0.15) is 11.5 Å². The first-order valence-corrected chi connectivity index (χ1v) is 6.03. The van der Waals surface area contributed by atoms with Gasteiger partial charge in [-0.3, -0.25) is 0 Å². The Morgan fingerprint density at radius 1 is 0.600 bits per heavy atom. The minimum absolute atomic E-state index is 0.177. The molecule has 0 saturated carbocycles. The maximum absolute atomic E-state index is 9.98. The Balaban J connectivity index is 2.97. The van der Waals surface area contributed by atoms with Gasteiger partial charge in [-0.05, 0) is 22.9 Å². The topological polar surface area (TPSA) is 121 Å². The molecule has 0 spiro atoms. The normalized spacial score (nSPS) is 11.2. The molecule has 0 aliphatic heterocycles. The molecule has 0 aliphatic rings. The van der Waals surface area contributed by atoms with Crippen LogP contribution in [0.4, 0.5) is 0 Å². The van der Waals surface area contributed by atoms with Gasteiger partial charge >= 0.3 is 0 Å². The van der Waals surface area contributed by atoms with Crippen LogP contribution in [-0.4, -0.2) is 30.6 Å². The Labute approximate surface area is 114 Å². The number of aromatic hydroxyl groups is 2. The molecule has 0 saturated heterocycles. The molecule has 2 rings (SSSR count). The van der Waals surface area contributed by atoms with Crippen LogP contribution in [0.5, 0.6) is 11.5 Å². The van der Waals surface area contributed by atoms with Gasteiger partial charge in [0.05, 0.1) is 26.4 Å². The first-order valence-electron chi connectivity index (χ1n) is 6.03. The van der Waals surface area contributed by atoms with Gasteiger partial charge in [0.25, 0.3) is 0 Å². The number of rotatable bonds is 4. The molecule has 0 atom stereocenters. The number of phenols is 2. The number of benzene rings is 2. The van der Waals surface area contributed by atoms with Crippen LogP contribution in [0.1, 0.15) is 22.3 Å². The second-order valence-corrected chi connectivity index (χ2v) is 4.45. The van der Waals surface area contributed by atoms with Crippen molar-refractivity contribution in [2.75, 3.05) is 0 Å². The maximum Gasteiger partial charge on any atom is 0.127 e. The molecule has 6 N–H and O–H groups in total. The van der Waals surface area contributed by atoms with E-state index in [4.69, 9.17) is 0 Å². The fourth-order valence-electron chi connectivity index (χ4n) is 2.34. The molecule has 6 nitrogen and oxygen atoms in total. The van der Waals surface area contributed by atoms with Crippen LogP contribution >= 0.6 is 0 Å². The molecule has 0 aliphatic carbocycles. The summed E-state index contributed by atoms with van der Waals surface area (Å²) < 4.78 is 0. The van der Waals surface area contributed by atoms with Crippen LogP contribution in [0.3, 0.4) is 0 Å². The Morgan fingerprint density at radius 2 is 0.950 bits per heavy atom. The molecule has 2 aromatic carbocycles. The Kier molecular flexibility index (Phi) is 4.10. The van der Waals surface area contributed by atoms with Gasteiger partial charge in [-0.15, -0.1) is 0 Å². The lowest BCUT2D eigenvalue weighted by Crippen LogP contribution is -1.99. The van der Waals surface area contributed by atoms with Crippen LogP contribution in [-0.2, 0) is 26.4 Å². The van der Waals surface area contributed by atoms with Crippen molar-refractivity contribution in [2.45, 2.75) is 26.4 Å². The molecule has 2 aromatic rings. The van der Waals surface area contributed by atoms with E-state index in [0.29, 0.717) is 10.8 Å². The second kappa shape index (κ2) is 5.64. The monoisotopic (exact) mass is 280 g/mol. The van der Waals surface area contributed by atoms with Crippen LogP contribution in [0, 0.1) is 0 Å². The van der Waals surface area contributed by atoms with Crippen molar-refractivity contribution >= 4 is 10.8 Å². The van der Waals surface area contributed by atoms with E-state index in [9.17, 15) is 30.6 Å². The zero-order chi connectivity index (χ0) is 14.9. The van der Waals surface area contributed by atoms with Crippen molar-refractivity contribution < 1.29 is 30.6 Å². The molecule has 108 valence electrons. The summed E-state index contributed by atoms with van der Waals surface area (Å²) in [5.74, 6) is -0.470. The maximum atomic E-state index is 9.98. The van der Waals surface area contributed by atoms with Crippen molar-refractivity contribution in [2.24, 2.45) is 0 Å². The Morgan fingerprint density at radius 3 is 1.20 bits per heavy atom. The van der Waals surface area contributed by atoms with Gasteiger partial charge in [-0.2, -0.15) is 0 Å². The van der Waals surface area contributed by atoms with Gasteiger partial charge < -0.3 is 30.6 Å². The smallest absolute Gasteiger partial charge is 0.127 e. The van der Waals surface area contributed by atoms with Crippen molar-refractivity contribution in [3.63, 3.8) is 0 Å². The summed E-state index contributed by atoms with van der Waals surface area (Å²) >= 11 is 0. The third kappa shape index (κ3) is 2.08. The molecular formula is C14H16O6. The third-order valence-corrected chi connectivity index (χ3v) is 3.41. The number of hydrogen-bond donors (Lipinski definition) is 6. The fraction of sp³-hybridized carbons (Fsp3) is 0.286. The van der Waals surface area contributed by atoms with Crippen LogP contribution in [0.15, 0.2) is 12.1 Å². The quantitative estimate of drug-likeness (QED) is 0.476. The number of hydrogen-bond acceptors (Lipinski definition) is 6. The second-order valence-electron chi connectivity index (χ2n) is 4.45. The molecule has 0 bridgehead atoms. The van der Waals surface area contributed by atoms with E-state index in [0.717, 1.165) is 0 Å². The summed E-state index contributed by atoms with van der Waals surface area (Å²) in [6.07, 6.45) is 0. The number of aliphatic hydroxyl groups is 4. The molecule has 6 heteroatoms. The molecule has 0 radical (unpaired) electrons. The molecule has 20 heavy (non-hydrogen) atoms. The Hall–Kier alpha value is -1.86. The number of fused-ring (bicyclic) bond motifs is 1. The minimum atomic E-state index is -0.476. The lowest BCUT2D eigenvalue weighted by Gasteiger charge is -2.16. The van der Waals surface area contributed by atoms with Crippen molar-refractivity contribution in [1.82, 2.24) is 0 Å². The first-order chi connectivity index (χ1) is 9.58. The molecule has 0 unspecified atom stereocenters. The predicted molar refractivity (Wildman–Crippen MR) is 71.0 cm³/mol. The summed E-state index contributed by atoms with van der Waals surface area (Å²) in [7, 11) is 0. The van der Waals surface area contributed by atoms with E-state index in [1.54, 1.807) is 0 Å². The lowest BCUT2D eigenvalue weighted by atomic mass is 9.93. The SMILES string of the molecule is OCc1cc2c(CO)c(O)c(CO)cc2c(CO)c1O. The molecule has 0 amide bonds. The zero-order valence-corrected chi connectivity index (χ0v) is 10.7. The summed E-state index contributed by atoms with van der Waals surface area (Å²) in [5, 5.41) is 58.0. The molecule has 0 aromatic heterocycles. The van der Waals surface area contributed by atoms with Crippen molar-refractivity contribution in [3.05, 3.63) is 34.4 Å². The fourth-order valence-corrected chi connectivity index (χ4v) is 2.34. The summed E-state index contributed by atoms with van der Waals surface area (Å²) in [4.78, 5) is 0. The van der Waals surface area contributed by atoms with Crippen LogP contribution in [0.2, 0.25) is 0 Å². The molecular weight excluding hydrogens is 264 g/mol. The van der Waals surface area contributed by atoms with E-state index in [1.165, 1.54) is 12.1 Å². The molecule has 0 fully saturated rings. The summed E-state index contributed by atoms with van der Waals surface area (Å²) in [6, 6.07) is 2.88. The minimum Gasteiger partial charge on any atom is -0.507 e. The van der Waals surface area contributed by atoms with Gasteiger partial charge in [0.15, 0.2) is 0 Å².